The summed E-state index contributed by atoms with van der Waals surface area (Å²) in [6.45, 7) is 4.13. The second-order valence-corrected chi connectivity index (χ2v) is 6.63. The molecule has 1 rings (SSSR count). The van der Waals surface area contributed by atoms with Gasteiger partial charge in [0.2, 0.25) is 11.8 Å². The first-order chi connectivity index (χ1) is 12.1. The zero-order valence-corrected chi connectivity index (χ0v) is 15.2. The van der Waals surface area contributed by atoms with Gasteiger partial charge in [0.25, 0.3) is 0 Å². The number of carbonyl (C=O) groups is 3. The lowest BCUT2D eigenvalue weighted by molar-refractivity contribution is -0.188. The molecule has 1 aliphatic rings. The van der Waals surface area contributed by atoms with E-state index in [1.807, 2.05) is 13.8 Å². The van der Waals surface area contributed by atoms with Crippen LogP contribution in [0.5, 0.6) is 0 Å². The highest BCUT2D eigenvalue weighted by Gasteiger charge is 2.53. The first kappa shape index (κ1) is 22.2. The van der Waals surface area contributed by atoms with Gasteiger partial charge < -0.3 is 14.9 Å². The number of rotatable bonds is 9. The van der Waals surface area contributed by atoms with E-state index in [4.69, 9.17) is 5.11 Å². The second-order valence-electron chi connectivity index (χ2n) is 6.63. The minimum atomic E-state index is -4.66. The number of aliphatic carboxylic acids is 1. The number of carbonyl (C=O) groups excluding carboxylic acids is 2. The van der Waals surface area contributed by atoms with E-state index in [0.29, 0.717) is 13.1 Å². The van der Waals surface area contributed by atoms with Crippen LogP contribution < -0.4 is 0 Å². The Bertz CT molecular complexity index is 505. The number of carboxylic acids is 1. The monoisotopic (exact) mass is 380 g/mol. The number of amides is 2. The average Bonchev–Trinajstić information content (AvgIpc) is 3.00. The lowest BCUT2D eigenvalue weighted by Gasteiger charge is -2.22. The van der Waals surface area contributed by atoms with E-state index >= 15 is 0 Å². The third-order valence-electron chi connectivity index (χ3n) is 4.53. The van der Waals surface area contributed by atoms with Crippen molar-refractivity contribution in [2.24, 2.45) is 11.8 Å². The smallest absolute Gasteiger partial charge is 0.394 e. The Morgan fingerprint density at radius 3 is 2.08 bits per heavy atom. The molecule has 26 heavy (non-hydrogen) atoms. The molecule has 0 aliphatic carbocycles. The Labute approximate surface area is 151 Å². The van der Waals surface area contributed by atoms with E-state index in [-0.39, 0.29) is 25.2 Å². The number of hydrogen-bond acceptors (Lipinski definition) is 3. The molecule has 0 aromatic rings. The van der Waals surface area contributed by atoms with Crippen molar-refractivity contribution in [3.8, 4) is 0 Å². The molecule has 2 atom stereocenters. The maximum Gasteiger partial charge on any atom is 0.394 e. The van der Waals surface area contributed by atoms with Gasteiger partial charge in [-0.25, -0.2) is 0 Å². The summed E-state index contributed by atoms with van der Waals surface area (Å²) in [5.74, 6) is -5.83. The molecular formula is C17H27F3N2O4. The van der Waals surface area contributed by atoms with Crippen molar-refractivity contribution in [2.75, 3.05) is 26.2 Å². The summed E-state index contributed by atoms with van der Waals surface area (Å²) in [5, 5.41) is 8.97. The van der Waals surface area contributed by atoms with Gasteiger partial charge >= 0.3 is 12.1 Å². The summed E-state index contributed by atoms with van der Waals surface area (Å²) in [5.41, 5.74) is 0. The summed E-state index contributed by atoms with van der Waals surface area (Å²) in [4.78, 5) is 38.0. The molecule has 0 spiro atoms. The zero-order chi connectivity index (χ0) is 19.9. The highest BCUT2D eigenvalue weighted by atomic mass is 19.4. The summed E-state index contributed by atoms with van der Waals surface area (Å²) in [6, 6.07) is 0. The van der Waals surface area contributed by atoms with Crippen molar-refractivity contribution in [3.63, 3.8) is 0 Å². The lowest BCUT2D eigenvalue weighted by atomic mass is 9.96. The van der Waals surface area contributed by atoms with Crippen molar-refractivity contribution >= 4 is 17.8 Å². The minimum Gasteiger partial charge on any atom is -0.481 e. The molecule has 0 saturated carbocycles. The molecule has 0 unspecified atom stereocenters. The van der Waals surface area contributed by atoms with Crippen LogP contribution in [0.2, 0.25) is 0 Å². The molecule has 9 heteroatoms. The van der Waals surface area contributed by atoms with Gasteiger partial charge in [0.15, 0.2) is 0 Å². The fraction of sp³-hybridized carbons (Fsp3) is 0.824. The van der Waals surface area contributed by atoms with Crippen molar-refractivity contribution in [1.82, 2.24) is 9.80 Å². The molecule has 150 valence electrons. The van der Waals surface area contributed by atoms with Crippen LogP contribution in [0, 0.1) is 11.8 Å². The molecule has 1 heterocycles. The van der Waals surface area contributed by atoms with Crippen LogP contribution in [0.15, 0.2) is 0 Å². The van der Waals surface area contributed by atoms with Crippen molar-refractivity contribution in [2.45, 2.75) is 52.1 Å². The van der Waals surface area contributed by atoms with Gasteiger partial charge in [0.05, 0.1) is 11.8 Å². The molecule has 0 aromatic carbocycles. The number of hydrogen-bond donors (Lipinski definition) is 1. The van der Waals surface area contributed by atoms with Crippen LogP contribution in [-0.4, -0.2) is 65.0 Å². The van der Waals surface area contributed by atoms with E-state index in [9.17, 15) is 27.6 Å². The number of nitrogens with zero attached hydrogens (tertiary/aromatic N) is 2. The predicted octanol–water partition coefficient (Wildman–Crippen LogP) is 2.53. The number of halogens is 3. The van der Waals surface area contributed by atoms with Crippen LogP contribution in [0.25, 0.3) is 0 Å². The maximum atomic E-state index is 12.9. The minimum absolute atomic E-state index is 0.0608. The van der Waals surface area contributed by atoms with Crippen LogP contribution in [0.1, 0.15) is 46.0 Å². The third kappa shape index (κ3) is 6.17. The van der Waals surface area contributed by atoms with Gasteiger partial charge in [0.1, 0.15) is 0 Å². The highest BCUT2D eigenvalue weighted by molar-refractivity contribution is 5.80. The summed E-state index contributed by atoms with van der Waals surface area (Å²) >= 11 is 0. The van der Waals surface area contributed by atoms with E-state index in [1.54, 1.807) is 4.90 Å². The average molecular weight is 380 g/mol. The molecule has 0 radical (unpaired) electrons. The molecule has 2 amide bonds. The quantitative estimate of drug-likeness (QED) is 0.667. The summed E-state index contributed by atoms with van der Waals surface area (Å²) in [6.07, 6.45) is -2.66. The van der Waals surface area contributed by atoms with Crippen molar-refractivity contribution in [1.29, 1.82) is 0 Å². The predicted molar refractivity (Wildman–Crippen MR) is 88.3 cm³/mol. The number of alkyl halides is 3. The first-order valence-corrected chi connectivity index (χ1v) is 8.96. The van der Waals surface area contributed by atoms with Crippen LogP contribution in [-0.2, 0) is 14.4 Å². The largest absolute Gasteiger partial charge is 0.481 e. The summed E-state index contributed by atoms with van der Waals surface area (Å²) in [7, 11) is 0. The van der Waals surface area contributed by atoms with Gasteiger partial charge in [-0.1, -0.05) is 13.8 Å². The van der Waals surface area contributed by atoms with Gasteiger partial charge in [-0.3, -0.25) is 14.4 Å². The number of likely N-dealkylation sites (tertiary alicyclic amines) is 1. The van der Waals surface area contributed by atoms with Crippen LogP contribution >= 0.6 is 0 Å². The third-order valence-corrected chi connectivity index (χ3v) is 4.53. The lowest BCUT2D eigenvalue weighted by Crippen LogP contribution is -2.34. The topological polar surface area (TPSA) is 77.9 Å². The Balaban J connectivity index is 2.53. The Hall–Kier alpha value is -1.80. The molecule has 0 aromatic heterocycles. The van der Waals surface area contributed by atoms with Crippen molar-refractivity contribution in [3.05, 3.63) is 0 Å². The van der Waals surface area contributed by atoms with Gasteiger partial charge in [-0.2, -0.15) is 13.2 Å². The van der Waals surface area contributed by atoms with E-state index in [1.165, 1.54) is 0 Å². The fourth-order valence-electron chi connectivity index (χ4n) is 3.20. The molecule has 1 saturated heterocycles. The standard InChI is InChI=1S/C17H27F3N2O4/c1-3-8-21(9-4-2)14(23)6-5-7-15(24)22-10-12(16(25)26)13(11-22)17(18,19)20/h12-13H,3-11H2,1-2H3,(H,25,26)/t12-,13-/m1/s1. The second kappa shape index (κ2) is 9.78. The molecule has 1 fully saturated rings. The Morgan fingerprint density at radius 1 is 1.08 bits per heavy atom. The molecule has 1 aliphatic heterocycles. The normalized spacial score (nSPS) is 20.3. The van der Waals surface area contributed by atoms with E-state index in [2.05, 4.69) is 0 Å². The molecule has 1 N–H and O–H groups in total. The number of carboxylic acid groups (broad SMARTS) is 1. The molecule has 6 nitrogen and oxygen atoms in total. The highest BCUT2D eigenvalue weighted by Crippen LogP contribution is 2.37. The van der Waals surface area contributed by atoms with Gasteiger partial charge in [0, 0.05) is 39.0 Å². The van der Waals surface area contributed by atoms with E-state index in [0.717, 1.165) is 17.7 Å². The zero-order valence-electron chi connectivity index (χ0n) is 15.2. The Kier molecular flexibility index (Phi) is 8.36. The SMILES string of the molecule is CCCN(CCC)C(=O)CCCC(=O)N1C[C@@H](C(F)(F)F)[C@H](C(=O)O)C1. The van der Waals surface area contributed by atoms with Gasteiger partial charge in [-0.15, -0.1) is 0 Å². The van der Waals surface area contributed by atoms with Crippen LogP contribution in [0.3, 0.4) is 0 Å². The first-order valence-electron chi connectivity index (χ1n) is 8.96. The summed E-state index contributed by atoms with van der Waals surface area (Å²) < 4.78 is 38.8. The molecule has 0 bridgehead atoms. The Morgan fingerprint density at radius 2 is 1.65 bits per heavy atom. The van der Waals surface area contributed by atoms with Gasteiger partial charge in [-0.05, 0) is 19.3 Å². The fourth-order valence-corrected chi connectivity index (χ4v) is 3.20. The van der Waals surface area contributed by atoms with Crippen LogP contribution in [0.4, 0.5) is 13.2 Å². The van der Waals surface area contributed by atoms with E-state index < -0.39 is 43.0 Å². The molecular weight excluding hydrogens is 353 g/mol. The van der Waals surface area contributed by atoms with Crippen molar-refractivity contribution < 1.29 is 32.7 Å². The maximum absolute atomic E-state index is 12.9.